The van der Waals surface area contributed by atoms with Crippen molar-refractivity contribution in [2.75, 3.05) is 0 Å². The Labute approximate surface area is 129 Å². The van der Waals surface area contributed by atoms with Crippen molar-refractivity contribution in [3.05, 3.63) is 34.9 Å². The number of fused-ring (bicyclic) bond motifs is 1. The van der Waals surface area contributed by atoms with E-state index in [9.17, 15) is 9.59 Å². The van der Waals surface area contributed by atoms with E-state index in [1.54, 1.807) is 0 Å². The molecule has 0 aromatic heterocycles. The number of aliphatic carboxylic acids is 1. The molecule has 5 heteroatoms. The maximum Gasteiger partial charge on any atom is 0.326 e. The molecule has 0 radical (unpaired) electrons. The first-order valence-electron chi connectivity index (χ1n) is 7.59. The van der Waals surface area contributed by atoms with Crippen LogP contribution in [0.4, 0.5) is 0 Å². The Kier molecular flexibility index (Phi) is 3.48. The lowest BCUT2D eigenvalue weighted by atomic mass is 9.91. The summed E-state index contributed by atoms with van der Waals surface area (Å²) >= 11 is 0. The highest BCUT2D eigenvalue weighted by atomic mass is 16.5. The van der Waals surface area contributed by atoms with Crippen LogP contribution in [-0.4, -0.2) is 22.6 Å². The van der Waals surface area contributed by atoms with E-state index in [0.29, 0.717) is 12.8 Å². The van der Waals surface area contributed by atoms with Crippen molar-refractivity contribution in [3.63, 3.8) is 0 Å². The number of ether oxygens (including phenoxy) is 1. The van der Waals surface area contributed by atoms with Gasteiger partial charge in [0.15, 0.2) is 0 Å². The molecule has 0 saturated heterocycles. The number of esters is 1. The highest BCUT2D eigenvalue weighted by molar-refractivity contribution is 5.86. The summed E-state index contributed by atoms with van der Waals surface area (Å²) in [4.78, 5) is 23.5. The Morgan fingerprint density at radius 1 is 1.41 bits per heavy atom. The van der Waals surface area contributed by atoms with Gasteiger partial charge in [-0.05, 0) is 43.7 Å². The summed E-state index contributed by atoms with van der Waals surface area (Å²) in [7, 11) is 0. The van der Waals surface area contributed by atoms with Crippen LogP contribution in [0.2, 0.25) is 0 Å². The number of carbonyl (C=O) groups is 2. The van der Waals surface area contributed by atoms with Gasteiger partial charge in [-0.25, -0.2) is 0 Å². The van der Waals surface area contributed by atoms with Crippen LogP contribution in [-0.2, 0) is 20.9 Å². The first-order chi connectivity index (χ1) is 10.3. The molecule has 2 aliphatic rings. The molecule has 1 aromatic rings. The van der Waals surface area contributed by atoms with Gasteiger partial charge in [0.25, 0.3) is 0 Å². The molecule has 5 nitrogen and oxygen atoms in total. The maximum absolute atomic E-state index is 12.4. The molecule has 2 aliphatic carbocycles. The van der Waals surface area contributed by atoms with Crippen LogP contribution in [0.1, 0.15) is 29.5 Å². The summed E-state index contributed by atoms with van der Waals surface area (Å²) in [5.41, 5.74) is 8.20. The number of carboxylic acids is 1. The topological polar surface area (TPSA) is 89.6 Å². The molecule has 1 aromatic carbocycles. The molecule has 4 atom stereocenters. The summed E-state index contributed by atoms with van der Waals surface area (Å²) in [6.07, 6.45) is 1.20. The Balaban J connectivity index is 1.67. The van der Waals surface area contributed by atoms with Crippen LogP contribution in [0.15, 0.2) is 18.2 Å². The van der Waals surface area contributed by atoms with Gasteiger partial charge in [0.1, 0.15) is 12.1 Å². The van der Waals surface area contributed by atoms with Gasteiger partial charge in [-0.1, -0.05) is 23.8 Å². The summed E-state index contributed by atoms with van der Waals surface area (Å²) in [5, 5.41) is 9.14. The van der Waals surface area contributed by atoms with Gasteiger partial charge in [0.2, 0.25) is 0 Å². The third-order valence-corrected chi connectivity index (χ3v) is 5.18. The average molecular weight is 303 g/mol. The fraction of sp³-hybridized carbons (Fsp3) is 0.529. The fourth-order valence-electron chi connectivity index (χ4n) is 3.82. The van der Waals surface area contributed by atoms with Gasteiger partial charge >= 0.3 is 11.9 Å². The standard InChI is InChI=1S/C17H21NO4/c1-9-3-4-10(2)11(7-9)8-22-16(21)17(18)6-5-12-13(14(12)17)15(19)20/h3-4,7,12-14H,5-6,8,18H2,1-2H3,(H,19,20). The van der Waals surface area contributed by atoms with E-state index < -0.39 is 23.4 Å². The minimum absolute atomic E-state index is 0.0377. The Bertz CT molecular complexity index is 642. The largest absolute Gasteiger partial charge is 0.481 e. The Hall–Kier alpha value is -1.88. The molecule has 0 aliphatic heterocycles. The van der Waals surface area contributed by atoms with Crippen molar-refractivity contribution >= 4 is 11.9 Å². The SMILES string of the molecule is Cc1ccc(C)c(COC(=O)C2(N)CCC3C(C(=O)O)C32)c1. The lowest BCUT2D eigenvalue weighted by Gasteiger charge is -2.24. The molecule has 2 fully saturated rings. The first-order valence-corrected chi connectivity index (χ1v) is 7.59. The third-order valence-electron chi connectivity index (χ3n) is 5.18. The molecule has 0 spiro atoms. The smallest absolute Gasteiger partial charge is 0.326 e. The molecule has 22 heavy (non-hydrogen) atoms. The molecule has 3 N–H and O–H groups in total. The lowest BCUT2D eigenvalue weighted by molar-refractivity contribution is -0.153. The molecule has 3 rings (SSSR count). The number of carboxylic acid groups (broad SMARTS) is 1. The van der Waals surface area contributed by atoms with Gasteiger partial charge in [0.05, 0.1) is 5.92 Å². The van der Waals surface area contributed by atoms with E-state index in [0.717, 1.165) is 16.7 Å². The number of nitrogens with two attached hydrogens (primary N) is 1. The molecule has 0 heterocycles. The third kappa shape index (κ3) is 2.29. The van der Waals surface area contributed by atoms with Gasteiger partial charge < -0.3 is 15.6 Å². The van der Waals surface area contributed by atoms with Crippen molar-refractivity contribution < 1.29 is 19.4 Å². The van der Waals surface area contributed by atoms with Gasteiger partial charge in [-0.15, -0.1) is 0 Å². The van der Waals surface area contributed by atoms with Crippen LogP contribution in [0.3, 0.4) is 0 Å². The van der Waals surface area contributed by atoms with Crippen molar-refractivity contribution in [3.8, 4) is 0 Å². The summed E-state index contributed by atoms with van der Waals surface area (Å²) in [6.45, 7) is 4.13. The predicted octanol–water partition coefficient (Wildman–Crippen LogP) is 1.78. The van der Waals surface area contributed by atoms with Crippen LogP contribution < -0.4 is 5.73 Å². The monoisotopic (exact) mass is 303 g/mol. The molecular weight excluding hydrogens is 282 g/mol. The van der Waals surface area contributed by atoms with Crippen molar-refractivity contribution in [2.24, 2.45) is 23.5 Å². The lowest BCUT2D eigenvalue weighted by Crippen LogP contribution is -2.50. The Morgan fingerprint density at radius 3 is 2.77 bits per heavy atom. The van der Waals surface area contributed by atoms with E-state index in [-0.39, 0.29) is 18.4 Å². The number of hydrogen-bond acceptors (Lipinski definition) is 4. The number of rotatable bonds is 4. The number of carbonyl (C=O) groups excluding carboxylic acids is 1. The minimum atomic E-state index is -1.13. The van der Waals surface area contributed by atoms with Crippen LogP contribution >= 0.6 is 0 Å². The van der Waals surface area contributed by atoms with Crippen LogP contribution in [0.5, 0.6) is 0 Å². The van der Waals surface area contributed by atoms with Crippen molar-refractivity contribution in [1.29, 1.82) is 0 Å². The van der Waals surface area contributed by atoms with Gasteiger partial charge in [-0.3, -0.25) is 9.59 Å². The number of benzene rings is 1. The van der Waals surface area contributed by atoms with Gasteiger partial charge in [0, 0.05) is 5.92 Å². The van der Waals surface area contributed by atoms with E-state index in [1.807, 2.05) is 32.0 Å². The number of hydrogen-bond donors (Lipinski definition) is 2. The zero-order valence-electron chi connectivity index (χ0n) is 12.8. The van der Waals surface area contributed by atoms with E-state index in [1.165, 1.54) is 0 Å². The Morgan fingerprint density at radius 2 is 2.14 bits per heavy atom. The summed E-state index contributed by atoms with van der Waals surface area (Å²) < 4.78 is 5.42. The van der Waals surface area contributed by atoms with Gasteiger partial charge in [-0.2, -0.15) is 0 Å². The quantitative estimate of drug-likeness (QED) is 0.828. The van der Waals surface area contributed by atoms with E-state index in [4.69, 9.17) is 15.6 Å². The van der Waals surface area contributed by atoms with E-state index >= 15 is 0 Å². The zero-order chi connectivity index (χ0) is 16.1. The second-order valence-corrected chi connectivity index (χ2v) is 6.64. The molecule has 0 amide bonds. The molecule has 118 valence electrons. The predicted molar refractivity (Wildman–Crippen MR) is 80.0 cm³/mol. The minimum Gasteiger partial charge on any atom is -0.481 e. The van der Waals surface area contributed by atoms with Crippen molar-refractivity contribution in [1.82, 2.24) is 0 Å². The second-order valence-electron chi connectivity index (χ2n) is 6.64. The normalized spacial score (nSPS) is 32.4. The second kappa shape index (κ2) is 5.09. The highest BCUT2D eigenvalue weighted by Crippen LogP contribution is 2.61. The molecule has 2 saturated carbocycles. The molecule has 4 unspecified atom stereocenters. The summed E-state index contributed by atoms with van der Waals surface area (Å²) in [6, 6.07) is 5.98. The first kappa shape index (κ1) is 15.0. The van der Waals surface area contributed by atoms with Crippen LogP contribution in [0, 0.1) is 31.6 Å². The molecular formula is C17H21NO4. The van der Waals surface area contributed by atoms with E-state index in [2.05, 4.69) is 0 Å². The fourth-order valence-corrected chi connectivity index (χ4v) is 3.82. The zero-order valence-corrected chi connectivity index (χ0v) is 12.8. The highest BCUT2D eigenvalue weighted by Gasteiger charge is 2.70. The van der Waals surface area contributed by atoms with Crippen molar-refractivity contribution in [2.45, 2.75) is 38.8 Å². The van der Waals surface area contributed by atoms with Crippen LogP contribution in [0.25, 0.3) is 0 Å². The summed E-state index contributed by atoms with van der Waals surface area (Å²) in [5.74, 6) is -2.03. The molecule has 0 bridgehead atoms. The average Bonchev–Trinajstić information content (AvgIpc) is 3.12. The number of aryl methyl sites for hydroxylation is 2. The maximum atomic E-state index is 12.4.